The Hall–Kier alpha value is -2.89. The molecule has 6 heteroatoms. The summed E-state index contributed by atoms with van der Waals surface area (Å²) < 4.78 is 38.7. The minimum atomic E-state index is -4.45. The number of primary amides is 1. The van der Waals surface area contributed by atoms with Gasteiger partial charge in [0.15, 0.2) is 0 Å². The molecule has 0 spiro atoms. The molecule has 0 bridgehead atoms. The second-order valence-corrected chi connectivity index (χ2v) is 5.91. The minimum absolute atomic E-state index is 0.182. The zero-order valence-electron chi connectivity index (χ0n) is 13.4. The molecule has 2 aromatic carbocycles. The zero-order chi connectivity index (χ0) is 18.2. The fourth-order valence-electron chi connectivity index (χ4n) is 2.63. The molecule has 3 nitrogen and oxygen atoms in total. The first kappa shape index (κ1) is 17.0. The molecule has 3 rings (SSSR count). The standard InChI is InChI=1S/C19H15F3N2O/c1-11-2-4-12(5-3-11)8-17-15(18(23)25)9-13-6-7-14(19(20,21)22)10-16(13)24-17/h2-7,9-10H,8H2,1H3,(H2,23,25). The number of aryl methyl sites for hydroxylation is 1. The molecule has 0 unspecified atom stereocenters. The number of alkyl halides is 3. The van der Waals surface area contributed by atoms with E-state index in [1.807, 2.05) is 31.2 Å². The minimum Gasteiger partial charge on any atom is -0.366 e. The van der Waals surface area contributed by atoms with E-state index in [2.05, 4.69) is 4.98 Å². The number of carbonyl (C=O) groups excluding carboxylic acids is 1. The quantitative estimate of drug-likeness (QED) is 0.772. The van der Waals surface area contributed by atoms with Crippen molar-refractivity contribution in [3.63, 3.8) is 0 Å². The SMILES string of the molecule is Cc1ccc(Cc2nc3cc(C(F)(F)F)ccc3cc2C(N)=O)cc1. The molecule has 1 heterocycles. The summed E-state index contributed by atoms with van der Waals surface area (Å²) in [5.41, 5.74) is 7.39. The van der Waals surface area contributed by atoms with Gasteiger partial charge in [0.2, 0.25) is 0 Å². The number of amides is 1. The van der Waals surface area contributed by atoms with E-state index in [4.69, 9.17) is 5.73 Å². The van der Waals surface area contributed by atoms with E-state index in [9.17, 15) is 18.0 Å². The summed E-state index contributed by atoms with van der Waals surface area (Å²) in [4.78, 5) is 16.0. The lowest BCUT2D eigenvalue weighted by Crippen LogP contribution is -2.15. The Labute approximate surface area is 142 Å². The Morgan fingerprint density at radius 3 is 2.36 bits per heavy atom. The van der Waals surface area contributed by atoms with E-state index >= 15 is 0 Å². The molecular formula is C19H15F3N2O. The maximum atomic E-state index is 12.9. The van der Waals surface area contributed by atoms with Gasteiger partial charge in [0.05, 0.1) is 22.3 Å². The number of fused-ring (bicyclic) bond motifs is 1. The predicted octanol–water partition coefficient (Wildman–Crippen LogP) is 4.25. The summed E-state index contributed by atoms with van der Waals surface area (Å²) in [7, 11) is 0. The first-order chi connectivity index (χ1) is 11.7. The fourth-order valence-corrected chi connectivity index (χ4v) is 2.63. The van der Waals surface area contributed by atoms with E-state index in [1.54, 1.807) is 0 Å². The second-order valence-electron chi connectivity index (χ2n) is 5.91. The van der Waals surface area contributed by atoms with Crippen LogP contribution in [0, 0.1) is 6.92 Å². The molecule has 0 aliphatic rings. The third-order valence-electron chi connectivity index (χ3n) is 3.98. The summed E-state index contributed by atoms with van der Waals surface area (Å²) >= 11 is 0. The highest BCUT2D eigenvalue weighted by molar-refractivity contribution is 5.97. The highest BCUT2D eigenvalue weighted by atomic mass is 19.4. The Bertz CT molecular complexity index is 947. The topological polar surface area (TPSA) is 56.0 Å². The Kier molecular flexibility index (Phi) is 4.20. The Morgan fingerprint density at radius 2 is 1.76 bits per heavy atom. The Balaban J connectivity index is 2.12. The van der Waals surface area contributed by atoms with Crippen LogP contribution in [0.5, 0.6) is 0 Å². The van der Waals surface area contributed by atoms with E-state index in [0.29, 0.717) is 17.5 Å². The summed E-state index contributed by atoms with van der Waals surface area (Å²) in [6.07, 6.45) is -4.14. The number of aromatic nitrogens is 1. The lowest BCUT2D eigenvalue weighted by atomic mass is 10.0. The maximum absolute atomic E-state index is 12.9. The van der Waals surface area contributed by atoms with E-state index in [0.717, 1.165) is 23.3 Å². The number of rotatable bonds is 3. The van der Waals surface area contributed by atoms with Gasteiger partial charge in [-0.15, -0.1) is 0 Å². The summed E-state index contributed by atoms with van der Waals surface area (Å²) in [6, 6.07) is 12.4. The number of pyridine rings is 1. The van der Waals surface area contributed by atoms with E-state index in [-0.39, 0.29) is 11.1 Å². The first-order valence-corrected chi connectivity index (χ1v) is 7.60. The van der Waals surface area contributed by atoms with Crippen molar-refractivity contribution in [1.82, 2.24) is 4.98 Å². The van der Waals surface area contributed by atoms with Crippen LogP contribution in [0.1, 0.15) is 32.7 Å². The Morgan fingerprint density at radius 1 is 1.08 bits per heavy atom. The van der Waals surface area contributed by atoms with Gasteiger partial charge in [0.1, 0.15) is 0 Å². The monoisotopic (exact) mass is 344 g/mol. The number of hydrogen-bond acceptors (Lipinski definition) is 2. The largest absolute Gasteiger partial charge is 0.416 e. The number of nitrogens with zero attached hydrogens (tertiary/aromatic N) is 1. The van der Waals surface area contributed by atoms with Crippen molar-refractivity contribution in [1.29, 1.82) is 0 Å². The molecule has 0 fully saturated rings. The van der Waals surface area contributed by atoms with Crippen molar-refractivity contribution < 1.29 is 18.0 Å². The van der Waals surface area contributed by atoms with E-state index < -0.39 is 17.6 Å². The molecule has 0 aliphatic carbocycles. The van der Waals surface area contributed by atoms with Gasteiger partial charge in [-0.05, 0) is 30.7 Å². The smallest absolute Gasteiger partial charge is 0.366 e. The molecule has 1 aromatic heterocycles. The van der Waals surface area contributed by atoms with Crippen molar-refractivity contribution in [2.24, 2.45) is 5.73 Å². The van der Waals surface area contributed by atoms with Crippen LogP contribution < -0.4 is 5.73 Å². The number of halogens is 3. The number of benzene rings is 2. The molecule has 0 saturated carbocycles. The summed E-state index contributed by atoms with van der Waals surface area (Å²) in [5, 5.41) is 0.439. The number of nitrogens with two attached hydrogens (primary N) is 1. The normalized spacial score (nSPS) is 11.7. The van der Waals surface area contributed by atoms with Gasteiger partial charge in [0.25, 0.3) is 5.91 Å². The van der Waals surface area contributed by atoms with Crippen molar-refractivity contribution >= 4 is 16.8 Å². The molecule has 2 N–H and O–H groups in total. The molecule has 0 aliphatic heterocycles. The molecule has 0 atom stereocenters. The van der Waals surface area contributed by atoms with Crippen LogP contribution in [0.25, 0.3) is 10.9 Å². The van der Waals surface area contributed by atoms with Crippen LogP contribution in [0.15, 0.2) is 48.5 Å². The van der Waals surface area contributed by atoms with Crippen LogP contribution >= 0.6 is 0 Å². The second kappa shape index (κ2) is 6.20. The zero-order valence-corrected chi connectivity index (χ0v) is 13.4. The van der Waals surface area contributed by atoms with Crippen molar-refractivity contribution in [3.8, 4) is 0 Å². The highest BCUT2D eigenvalue weighted by Crippen LogP contribution is 2.31. The van der Waals surface area contributed by atoms with Gasteiger partial charge in [-0.1, -0.05) is 35.9 Å². The summed E-state index contributed by atoms with van der Waals surface area (Å²) in [5.74, 6) is -0.656. The van der Waals surface area contributed by atoms with Crippen LogP contribution in [0.3, 0.4) is 0 Å². The van der Waals surface area contributed by atoms with Gasteiger partial charge in [-0.3, -0.25) is 9.78 Å². The molecular weight excluding hydrogens is 329 g/mol. The number of carbonyl (C=O) groups is 1. The van der Waals surface area contributed by atoms with E-state index in [1.165, 1.54) is 12.1 Å². The first-order valence-electron chi connectivity index (χ1n) is 7.60. The van der Waals surface area contributed by atoms with Gasteiger partial charge in [0, 0.05) is 11.8 Å². The van der Waals surface area contributed by atoms with Gasteiger partial charge in [-0.2, -0.15) is 13.2 Å². The third kappa shape index (κ3) is 3.63. The average Bonchev–Trinajstić information content (AvgIpc) is 2.54. The molecule has 1 amide bonds. The lowest BCUT2D eigenvalue weighted by molar-refractivity contribution is -0.137. The van der Waals surface area contributed by atoms with Crippen LogP contribution in [-0.2, 0) is 12.6 Å². The van der Waals surface area contributed by atoms with Gasteiger partial charge >= 0.3 is 6.18 Å². The van der Waals surface area contributed by atoms with Crippen molar-refractivity contribution in [2.45, 2.75) is 19.5 Å². The lowest BCUT2D eigenvalue weighted by Gasteiger charge is -2.11. The molecule has 0 saturated heterocycles. The predicted molar refractivity (Wildman–Crippen MR) is 89.2 cm³/mol. The molecule has 0 radical (unpaired) electrons. The van der Waals surface area contributed by atoms with Crippen LogP contribution in [-0.4, -0.2) is 10.9 Å². The van der Waals surface area contributed by atoms with Gasteiger partial charge in [-0.25, -0.2) is 0 Å². The highest BCUT2D eigenvalue weighted by Gasteiger charge is 2.30. The fraction of sp³-hybridized carbons (Fsp3) is 0.158. The molecule has 25 heavy (non-hydrogen) atoms. The average molecular weight is 344 g/mol. The maximum Gasteiger partial charge on any atom is 0.416 e. The molecule has 3 aromatic rings. The van der Waals surface area contributed by atoms with Crippen LogP contribution in [0.2, 0.25) is 0 Å². The third-order valence-corrected chi connectivity index (χ3v) is 3.98. The molecule has 128 valence electrons. The summed E-state index contributed by atoms with van der Waals surface area (Å²) in [6.45, 7) is 1.95. The van der Waals surface area contributed by atoms with Crippen molar-refractivity contribution in [3.05, 3.63) is 76.5 Å². The van der Waals surface area contributed by atoms with Gasteiger partial charge < -0.3 is 5.73 Å². The van der Waals surface area contributed by atoms with Crippen molar-refractivity contribution in [2.75, 3.05) is 0 Å². The number of hydrogen-bond donors (Lipinski definition) is 1. The van der Waals surface area contributed by atoms with Crippen LogP contribution in [0.4, 0.5) is 13.2 Å².